The number of piperidine rings is 2. The Kier molecular flexibility index (Phi) is 3.47. The maximum Gasteiger partial charge on any atom is 0.407 e. The van der Waals surface area contributed by atoms with Gasteiger partial charge in [0.1, 0.15) is 0 Å². The molecule has 0 bridgehead atoms. The molecule has 0 aromatic rings. The lowest BCUT2D eigenvalue weighted by atomic mass is 9.71. The van der Waals surface area contributed by atoms with Gasteiger partial charge >= 0.3 is 11.5 Å². The van der Waals surface area contributed by atoms with Gasteiger partial charge in [-0.15, -0.1) is 0 Å². The van der Waals surface area contributed by atoms with Crippen LogP contribution in [0, 0.1) is 5.41 Å². The molecule has 1 N–H and O–H groups in total. The van der Waals surface area contributed by atoms with Gasteiger partial charge in [-0.3, -0.25) is 4.79 Å². The number of carbonyl (C=O) groups excluding carboxylic acids is 1. The minimum Gasteiger partial charge on any atom is -0.465 e. The summed E-state index contributed by atoms with van der Waals surface area (Å²) in [5.41, 5.74) is 0.231. The topological polar surface area (TPSA) is 60.9 Å². The number of hydrogen-bond acceptors (Lipinski definition) is 2. The number of carboxylic acid groups (broad SMARTS) is 1. The van der Waals surface area contributed by atoms with Crippen molar-refractivity contribution >= 4 is 23.1 Å². The second-order valence-electron chi connectivity index (χ2n) is 5.01. The number of hydrogen-bond donors (Lipinski definition) is 1. The molecule has 0 aliphatic carbocycles. The molecule has 2 heterocycles. The SMILES string of the molecule is O=C(O)N1CCC2(CC1)CCN(C(=O)Cl)CC2. The van der Waals surface area contributed by atoms with Crippen LogP contribution in [0.15, 0.2) is 0 Å². The number of rotatable bonds is 0. The molecule has 0 saturated carbocycles. The Hall–Kier alpha value is -0.970. The van der Waals surface area contributed by atoms with Crippen LogP contribution < -0.4 is 0 Å². The van der Waals surface area contributed by atoms with E-state index in [0.29, 0.717) is 26.2 Å². The molecule has 2 fully saturated rings. The Morgan fingerprint density at radius 2 is 1.35 bits per heavy atom. The highest BCUT2D eigenvalue weighted by atomic mass is 35.5. The molecule has 0 radical (unpaired) electrons. The van der Waals surface area contributed by atoms with E-state index in [2.05, 4.69) is 0 Å². The van der Waals surface area contributed by atoms with Crippen LogP contribution in [0.5, 0.6) is 0 Å². The predicted octanol–water partition coefficient (Wildman–Crippen LogP) is 2.20. The highest BCUT2D eigenvalue weighted by Crippen LogP contribution is 2.41. The smallest absolute Gasteiger partial charge is 0.407 e. The highest BCUT2D eigenvalue weighted by molar-refractivity contribution is 6.62. The van der Waals surface area contributed by atoms with Crippen LogP contribution in [0.3, 0.4) is 0 Å². The van der Waals surface area contributed by atoms with E-state index in [0.717, 1.165) is 25.7 Å². The van der Waals surface area contributed by atoms with Crippen molar-refractivity contribution in [3.63, 3.8) is 0 Å². The summed E-state index contributed by atoms with van der Waals surface area (Å²) in [5, 5.41) is 8.52. The van der Waals surface area contributed by atoms with Crippen LogP contribution >= 0.6 is 11.6 Å². The number of halogens is 1. The Balaban J connectivity index is 1.88. The molecule has 17 heavy (non-hydrogen) atoms. The van der Waals surface area contributed by atoms with Crippen LogP contribution in [0.25, 0.3) is 0 Å². The van der Waals surface area contributed by atoms with Gasteiger partial charge in [0.25, 0.3) is 0 Å². The normalized spacial score (nSPS) is 23.8. The van der Waals surface area contributed by atoms with Crippen molar-refractivity contribution in [2.24, 2.45) is 5.41 Å². The molecule has 1 spiro atoms. The van der Waals surface area contributed by atoms with Gasteiger partial charge < -0.3 is 14.9 Å². The number of carbonyl (C=O) groups is 2. The largest absolute Gasteiger partial charge is 0.465 e. The molecule has 0 atom stereocenters. The van der Waals surface area contributed by atoms with E-state index in [1.54, 1.807) is 4.90 Å². The van der Waals surface area contributed by atoms with E-state index in [-0.39, 0.29) is 10.8 Å². The first-order chi connectivity index (χ1) is 8.02. The van der Waals surface area contributed by atoms with Gasteiger partial charge in [-0.25, -0.2) is 4.79 Å². The van der Waals surface area contributed by atoms with Gasteiger partial charge in [0.2, 0.25) is 0 Å². The lowest BCUT2D eigenvalue weighted by molar-refractivity contribution is 0.0488. The van der Waals surface area contributed by atoms with Crippen molar-refractivity contribution < 1.29 is 14.7 Å². The summed E-state index contributed by atoms with van der Waals surface area (Å²) in [5.74, 6) is 0. The standard InChI is InChI=1S/C11H17ClN2O3/c12-9(15)13-5-1-11(2-6-13)3-7-14(8-4-11)10(16)17/h1-8H2,(H,16,17). The predicted molar refractivity (Wildman–Crippen MR) is 63.3 cm³/mol. The first-order valence-corrected chi connectivity index (χ1v) is 6.33. The van der Waals surface area contributed by atoms with Crippen molar-refractivity contribution in [1.82, 2.24) is 9.80 Å². The molecule has 6 heteroatoms. The van der Waals surface area contributed by atoms with E-state index in [1.165, 1.54) is 4.90 Å². The Bertz CT molecular complexity index is 283. The molecule has 0 aromatic heterocycles. The zero-order valence-corrected chi connectivity index (χ0v) is 10.4. The maximum atomic E-state index is 11.0. The van der Waals surface area contributed by atoms with Crippen molar-refractivity contribution in [1.29, 1.82) is 0 Å². The highest BCUT2D eigenvalue weighted by Gasteiger charge is 2.39. The number of likely N-dealkylation sites (tertiary alicyclic amines) is 2. The lowest BCUT2D eigenvalue weighted by Gasteiger charge is -2.45. The monoisotopic (exact) mass is 260 g/mol. The third-order valence-electron chi connectivity index (χ3n) is 4.17. The molecule has 5 nitrogen and oxygen atoms in total. The van der Waals surface area contributed by atoms with Crippen LogP contribution in [0.4, 0.5) is 9.59 Å². The molecule has 2 rings (SSSR count). The second kappa shape index (κ2) is 4.72. The van der Waals surface area contributed by atoms with Crippen LogP contribution in [0.2, 0.25) is 0 Å². The molecule has 0 aromatic carbocycles. The third kappa shape index (κ3) is 2.65. The van der Waals surface area contributed by atoms with Gasteiger partial charge in [-0.1, -0.05) is 0 Å². The van der Waals surface area contributed by atoms with Gasteiger partial charge in [-0.05, 0) is 42.7 Å². The average molecular weight is 261 g/mol. The van der Waals surface area contributed by atoms with E-state index < -0.39 is 6.09 Å². The third-order valence-corrected chi connectivity index (χ3v) is 4.41. The maximum absolute atomic E-state index is 11.0. The summed E-state index contributed by atoms with van der Waals surface area (Å²) in [6.45, 7) is 2.64. The summed E-state index contributed by atoms with van der Waals surface area (Å²) >= 11 is 5.45. The minimum atomic E-state index is -0.826. The van der Waals surface area contributed by atoms with E-state index in [4.69, 9.17) is 16.7 Å². The number of amides is 2. The van der Waals surface area contributed by atoms with Crippen molar-refractivity contribution in [2.45, 2.75) is 25.7 Å². The first kappa shape index (κ1) is 12.5. The molecule has 2 aliphatic rings. The van der Waals surface area contributed by atoms with Crippen molar-refractivity contribution in [2.75, 3.05) is 26.2 Å². The molecular weight excluding hydrogens is 244 g/mol. The molecule has 2 saturated heterocycles. The summed E-state index contributed by atoms with van der Waals surface area (Å²) in [7, 11) is 0. The summed E-state index contributed by atoms with van der Waals surface area (Å²) in [6.07, 6.45) is 2.87. The van der Waals surface area contributed by atoms with Crippen LogP contribution in [-0.4, -0.2) is 52.5 Å². The fourth-order valence-corrected chi connectivity index (χ4v) is 3.00. The fourth-order valence-electron chi connectivity index (χ4n) is 2.83. The van der Waals surface area contributed by atoms with E-state index in [9.17, 15) is 9.59 Å². The molecule has 2 amide bonds. The van der Waals surface area contributed by atoms with E-state index in [1.807, 2.05) is 0 Å². The first-order valence-electron chi connectivity index (χ1n) is 5.95. The number of nitrogens with zero attached hydrogens (tertiary/aromatic N) is 2. The zero-order chi connectivity index (χ0) is 12.5. The Morgan fingerprint density at radius 3 is 1.71 bits per heavy atom. The van der Waals surface area contributed by atoms with Gasteiger partial charge in [0.15, 0.2) is 0 Å². The fraction of sp³-hybridized carbons (Fsp3) is 0.818. The van der Waals surface area contributed by atoms with E-state index >= 15 is 0 Å². The zero-order valence-electron chi connectivity index (χ0n) is 9.69. The van der Waals surface area contributed by atoms with Crippen LogP contribution in [0.1, 0.15) is 25.7 Å². The van der Waals surface area contributed by atoms with Gasteiger partial charge in [0.05, 0.1) is 0 Å². The molecular formula is C11H17ClN2O3. The van der Waals surface area contributed by atoms with Crippen molar-refractivity contribution in [3.8, 4) is 0 Å². The summed E-state index contributed by atoms with van der Waals surface area (Å²) in [4.78, 5) is 25.0. The minimum absolute atomic E-state index is 0.231. The van der Waals surface area contributed by atoms with Crippen LogP contribution in [-0.2, 0) is 0 Å². The average Bonchev–Trinajstić information content (AvgIpc) is 2.30. The molecule has 0 unspecified atom stereocenters. The summed E-state index contributed by atoms with van der Waals surface area (Å²) in [6, 6.07) is 0. The van der Waals surface area contributed by atoms with Gasteiger partial charge in [0, 0.05) is 26.2 Å². The Morgan fingerprint density at radius 1 is 0.941 bits per heavy atom. The molecule has 96 valence electrons. The quantitative estimate of drug-likeness (QED) is 0.537. The second-order valence-corrected chi connectivity index (χ2v) is 5.33. The lowest BCUT2D eigenvalue weighted by Crippen LogP contribution is -2.48. The molecule has 2 aliphatic heterocycles. The Labute approximate surface area is 105 Å². The summed E-state index contributed by atoms with van der Waals surface area (Å²) < 4.78 is 0. The van der Waals surface area contributed by atoms with Crippen molar-refractivity contribution in [3.05, 3.63) is 0 Å². The van der Waals surface area contributed by atoms with Gasteiger partial charge in [-0.2, -0.15) is 0 Å².